The summed E-state index contributed by atoms with van der Waals surface area (Å²) in [6.45, 7) is 2.94. The monoisotopic (exact) mass is 510 g/mol. The molecule has 1 fully saturated rings. The highest BCUT2D eigenvalue weighted by Crippen LogP contribution is 2.42. The summed E-state index contributed by atoms with van der Waals surface area (Å²) in [4.78, 5) is 25.8. The van der Waals surface area contributed by atoms with E-state index in [-0.39, 0.29) is 23.6 Å². The molecule has 194 valence electrons. The lowest BCUT2D eigenvalue weighted by Gasteiger charge is -2.09. The lowest BCUT2D eigenvalue weighted by Crippen LogP contribution is -2.32. The molecule has 0 aliphatic heterocycles. The molecule has 0 unspecified atom stereocenters. The number of hydrogen-bond acceptors (Lipinski definition) is 5. The van der Waals surface area contributed by atoms with Crippen molar-refractivity contribution in [2.75, 3.05) is 18.5 Å². The van der Waals surface area contributed by atoms with E-state index in [0.29, 0.717) is 41.4 Å². The van der Waals surface area contributed by atoms with Crippen molar-refractivity contribution in [1.29, 1.82) is 0 Å². The molecule has 3 aromatic carbocycles. The number of phenolic OH excluding ortho intramolecular Hbond substituents is 1. The van der Waals surface area contributed by atoms with Crippen molar-refractivity contribution in [3.05, 3.63) is 95.7 Å². The number of carbonyl (C=O) groups excluding carboxylic acids is 2. The van der Waals surface area contributed by atoms with Crippen LogP contribution in [0.2, 0.25) is 0 Å². The Balaban J connectivity index is 1.32. The van der Waals surface area contributed by atoms with E-state index in [1.807, 2.05) is 43.3 Å². The van der Waals surface area contributed by atoms with Gasteiger partial charge >= 0.3 is 6.03 Å². The summed E-state index contributed by atoms with van der Waals surface area (Å²) >= 11 is 0. The minimum Gasteiger partial charge on any atom is -0.507 e. The van der Waals surface area contributed by atoms with E-state index in [2.05, 4.69) is 15.7 Å². The van der Waals surface area contributed by atoms with Gasteiger partial charge in [0, 0.05) is 29.3 Å². The van der Waals surface area contributed by atoms with Gasteiger partial charge in [-0.1, -0.05) is 30.3 Å². The number of aromatic hydroxyl groups is 1. The first-order chi connectivity index (χ1) is 18.5. The number of aromatic nitrogens is 2. The normalized spacial score (nSPS) is 12.7. The molecular formula is C30H30N4O4. The molecule has 4 aromatic rings. The molecule has 1 aliphatic rings. The molecule has 0 spiro atoms. The lowest BCUT2D eigenvalue weighted by molar-refractivity contribution is 0.102. The predicted octanol–water partition coefficient (Wildman–Crippen LogP) is 5.58. The molecule has 3 N–H and O–H groups in total. The number of amides is 2. The van der Waals surface area contributed by atoms with Crippen LogP contribution in [0.15, 0.2) is 78.9 Å². The van der Waals surface area contributed by atoms with Crippen molar-refractivity contribution in [3.8, 4) is 22.8 Å². The highest BCUT2D eigenvalue weighted by atomic mass is 16.5. The maximum Gasteiger partial charge on any atom is 0.342 e. The highest BCUT2D eigenvalue weighted by molar-refractivity contribution is 6.04. The average molecular weight is 511 g/mol. The molecule has 38 heavy (non-hydrogen) atoms. The summed E-state index contributed by atoms with van der Waals surface area (Å²) in [5.41, 5.74) is 3.86. The number of hydrogen-bond donors (Lipinski definition) is 3. The van der Waals surface area contributed by atoms with Crippen molar-refractivity contribution < 1.29 is 19.4 Å². The number of benzene rings is 3. The molecule has 0 radical (unpaired) electrons. The number of phenols is 1. The second-order valence-electron chi connectivity index (χ2n) is 9.25. The van der Waals surface area contributed by atoms with Crippen molar-refractivity contribution in [2.24, 2.45) is 0 Å². The Kier molecular flexibility index (Phi) is 7.40. The van der Waals surface area contributed by atoms with Crippen LogP contribution in [0.1, 0.15) is 47.3 Å². The molecular weight excluding hydrogens is 480 g/mol. The number of carbonyl (C=O) groups is 2. The molecule has 1 saturated carbocycles. The fraction of sp³-hybridized carbons (Fsp3) is 0.233. The first kappa shape index (κ1) is 25.1. The van der Waals surface area contributed by atoms with Crippen LogP contribution in [0, 0.1) is 0 Å². The number of ether oxygens (including phenoxy) is 1. The lowest BCUT2D eigenvalue weighted by atomic mass is 10.1. The summed E-state index contributed by atoms with van der Waals surface area (Å²) in [7, 11) is 0. The van der Waals surface area contributed by atoms with Gasteiger partial charge in [0.1, 0.15) is 11.5 Å². The standard InChI is InChI=1S/C30H30N4O4/c1-2-38-24-13-10-22(11-14-24)29(36)32-23-12-15-28(35)25(18-23)26-19-27(21-8-9-21)34(33-26)30(37)31-17-16-20-6-4-3-5-7-20/h3-7,10-15,18-19,21,35H,2,8-9,16-17H2,1H3,(H,31,37)(H,32,36). The Bertz CT molecular complexity index is 1430. The van der Waals surface area contributed by atoms with Gasteiger partial charge in [0.15, 0.2) is 0 Å². The molecule has 0 saturated heterocycles. The van der Waals surface area contributed by atoms with Crippen LogP contribution in [0.5, 0.6) is 11.5 Å². The largest absolute Gasteiger partial charge is 0.507 e. The Labute approximate surface area is 221 Å². The van der Waals surface area contributed by atoms with Crippen LogP contribution in [-0.4, -0.2) is 40.0 Å². The zero-order chi connectivity index (χ0) is 26.5. The fourth-order valence-corrected chi connectivity index (χ4v) is 4.28. The summed E-state index contributed by atoms with van der Waals surface area (Å²) in [6, 6.07) is 23.2. The summed E-state index contributed by atoms with van der Waals surface area (Å²) in [6.07, 6.45) is 2.70. The van der Waals surface area contributed by atoms with Crippen molar-refractivity contribution in [3.63, 3.8) is 0 Å². The average Bonchev–Trinajstić information content (AvgIpc) is 3.69. The second kappa shape index (κ2) is 11.2. The van der Waals surface area contributed by atoms with Gasteiger partial charge in [-0.15, -0.1) is 0 Å². The van der Waals surface area contributed by atoms with E-state index in [9.17, 15) is 14.7 Å². The Morgan fingerprint density at radius 1 is 1.03 bits per heavy atom. The third-order valence-electron chi connectivity index (χ3n) is 6.42. The van der Waals surface area contributed by atoms with E-state index in [4.69, 9.17) is 4.74 Å². The summed E-state index contributed by atoms with van der Waals surface area (Å²) in [5.74, 6) is 0.690. The predicted molar refractivity (Wildman–Crippen MR) is 146 cm³/mol. The van der Waals surface area contributed by atoms with Gasteiger partial charge in [-0.2, -0.15) is 9.78 Å². The fourth-order valence-electron chi connectivity index (χ4n) is 4.28. The smallest absolute Gasteiger partial charge is 0.342 e. The molecule has 2 amide bonds. The molecule has 1 heterocycles. The van der Waals surface area contributed by atoms with Crippen LogP contribution >= 0.6 is 0 Å². The number of nitrogens with one attached hydrogen (secondary N) is 2. The first-order valence-electron chi connectivity index (χ1n) is 12.8. The van der Waals surface area contributed by atoms with E-state index < -0.39 is 0 Å². The zero-order valence-corrected chi connectivity index (χ0v) is 21.2. The quantitative estimate of drug-likeness (QED) is 0.255. The van der Waals surface area contributed by atoms with Crippen LogP contribution in [0.4, 0.5) is 10.5 Å². The molecule has 5 rings (SSSR count). The van der Waals surface area contributed by atoms with Gasteiger partial charge < -0.3 is 20.5 Å². The van der Waals surface area contributed by atoms with E-state index in [0.717, 1.165) is 30.5 Å². The maximum absolute atomic E-state index is 13.0. The van der Waals surface area contributed by atoms with E-state index >= 15 is 0 Å². The first-order valence-corrected chi connectivity index (χ1v) is 12.8. The molecule has 1 aliphatic carbocycles. The number of anilines is 1. The second-order valence-corrected chi connectivity index (χ2v) is 9.25. The van der Waals surface area contributed by atoms with Gasteiger partial charge in [0.2, 0.25) is 0 Å². The Morgan fingerprint density at radius 3 is 2.50 bits per heavy atom. The van der Waals surface area contributed by atoms with E-state index in [1.54, 1.807) is 36.4 Å². The van der Waals surface area contributed by atoms with Crippen LogP contribution in [0.25, 0.3) is 11.3 Å². The Morgan fingerprint density at radius 2 is 1.79 bits per heavy atom. The number of nitrogens with zero attached hydrogens (tertiary/aromatic N) is 2. The summed E-state index contributed by atoms with van der Waals surface area (Å²) in [5, 5.41) is 21.0. The molecule has 1 aromatic heterocycles. The highest BCUT2D eigenvalue weighted by Gasteiger charge is 2.30. The molecule has 0 atom stereocenters. The maximum atomic E-state index is 13.0. The zero-order valence-electron chi connectivity index (χ0n) is 21.2. The van der Waals surface area contributed by atoms with Gasteiger partial charge in [-0.25, -0.2) is 4.79 Å². The minimum atomic E-state index is -0.298. The third kappa shape index (κ3) is 5.86. The van der Waals surface area contributed by atoms with Crippen molar-refractivity contribution in [2.45, 2.75) is 32.1 Å². The SMILES string of the molecule is CCOc1ccc(C(=O)Nc2ccc(O)c(-c3cc(C4CC4)n(C(=O)NCCc4ccccc4)n3)c2)cc1. The van der Waals surface area contributed by atoms with Gasteiger partial charge in [-0.05, 0) is 80.3 Å². The van der Waals surface area contributed by atoms with Crippen LogP contribution < -0.4 is 15.4 Å². The number of rotatable bonds is 9. The molecule has 8 heteroatoms. The van der Waals surface area contributed by atoms with Crippen molar-refractivity contribution in [1.82, 2.24) is 15.1 Å². The Hall–Kier alpha value is -4.59. The van der Waals surface area contributed by atoms with Gasteiger partial charge in [0.25, 0.3) is 5.91 Å². The molecule has 0 bridgehead atoms. The van der Waals surface area contributed by atoms with Crippen LogP contribution in [0.3, 0.4) is 0 Å². The minimum absolute atomic E-state index is 0.0144. The van der Waals surface area contributed by atoms with E-state index in [1.165, 1.54) is 10.7 Å². The molecule has 8 nitrogen and oxygen atoms in total. The van der Waals surface area contributed by atoms with Gasteiger partial charge in [-0.3, -0.25) is 4.79 Å². The van der Waals surface area contributed by atoms with Gasteiger partial charge in [0.05, 0.1) is 18.0 Å². The topological polar surface area (TPSA) is 105 Å². The van der Waals surface area contributed by atoms with Crippen molar-refractivity contribution >= 4 is 17.6 Å². The summed E-state index contributed by atoms with van der Waals surface area (Å²) < 4.78 is 6.84. The van der Waals surface area contributed by atoms with Crippen LogP contribution in [-0.2, 0) is 6.42 Å². The third-order valence-corrected chi connectivity index (χ3v) is 6.42.